The summed E-state index contributed by atoms with van der Waals surface area (Å²) in [6.07, 6.45) is 10.7. The van der Waals surface area contributed by atoms with E-state index in [0.717, 1.165) is 37.6 Å². The first-order valence-electron chi connectivity index (χ1n) is 8.73. The zero-order chi connectivity index (χ0) is 16.3. The van der Waals surface area contributed by atoms with E-state index < -0.39 is 0 Å². The summed E-state index contributed by atoms with van der Waals surface area (Å²) in [5, 5.41) is 0. The number of ether oxygens (including phenoxy) is 2. The van der Waals surface area contributed by atoms with E-state index in [-0.39, 0.29) is 0 Å². The van der Waals surface area contributed by atoms with Gasteiger partial charge in [-0.05, 0) is 26.7 Å². The molecule has 0 aliphatic rings. The molecule has 0 heterocycles. The molecule has 0 unspecified atom stereocenters. The fourth-order valence-electron chi connectivity index (χ4n) is 1.83. The molecule has 0 spiro atoms. The van der Waals surface area contributed by atoms with Gasteiger partial charge in [-0.2, -0.15) is 0 Å². The molecule has 0 aromatic heterocycles. The molecule has 0 bridgehead atoms. The third kappa shape index (κ3) is 21.7. The number of hydrogen-bond donors (Lipinski definition) is 0. The smallest absolute Gasteiger partial charge is 0.0964 e. The molecular weight excluding hydrogens is 260 g/mol. The SMILES string of the molecule is C=C(CCCCC)OC(=C)CCCCCC.CCOCC. The van der Waals surface area contributed by atoms with Crippen LogP contribution in [0.1, 0.15) is 85.5 Å². The van der Waals surface area contributed by atoms with Gasteiger partial charge >= 0.3 is 0 Å². The lowest BCUT2D eigenvalue weighted by Gasteiger charge is -2.10. The lowest BCUT2D eigenvalue weighted by atomic mass is 10.1. The Hall–Kier alpha value is -0.760. The van der Waals surface area contributed by atoms with Crippen molar-refractivity contribution in [3.63, 3.8) is 0 Å². The Labute approximate surface area is 133 Å². The molecule has 0 saturated heterocycles. The highest BCUT2D eigenvalue weighted by Gasteiger charge is 1.99. The molecule has 0 aromatic carbocycles. The summed E-state index contributed by atoms with van der Waals surface area (Å²) in [5.41, 5.74) is 0. The Balaban J connectivity index is 0. The van der Waals surface area contributed by atoms with Crippen LogP contribution in [0.5, 0.6) is 0 Å². The second-order valence-corrected chi connectivity index (χ2v) is 5.23. The molecule has 0 aliphatic carbocycles. The van der Waals surface area contributed by atoms with Crippen molar-refractivity contribution in [3.05, 3.63) is 24.7 Å². The van der Waals surface area contributed by atoms with Crippen LogP contribution in [0.15, 0.2) is 24.7 Å². The normalized spacial score (nSPS) is 9.71. The maximum Gasteiger partial charge on any atom is 0.0964 e. The quantitative estimate of drug-likeness (QED) is 0.281. The van der Waals surface area contributed by atoms with Crippen molar-refractivity contribution in [2.24, 2.45) is 0 Å². The van der Waals surface area contributed by atoms with Crippen LogP contribution in [0, 0.1) is 0 Å². The van der Waals surface area contributed by atoms with Gasteiger partial charge in [0.2, 0.25) is 0 Å². The molecule has 0 N–H and O–H groups in total. The van der Waals surface area contributed by atoms with Gasteiger partial charge in [0.1, 0.15) is 0 Å². The minimum atomic E-state index is 0.844. The fourth-order valence-corrected chi connectivity index (χ4v) is 1.83. The highest BCUT2D eigenvalue weighted by molar-refractivity contribution is 4.93. The van der Waals surface area contributed by atoms with Gasteiger partial charge in [0.15, 0.2) is 0 Å². The van der Waals surface area contributed by atoms with Crippen LogP contribution < -0.4 is 0 Å². The highest BCUT2D eigenvalue weighted by atomic mass is 16.5. The van der Waals surface area contributed by atoms with E-state index in [1.165, 1.54) is 44.9 Å². The van der Waals surface area contributed by atoms with Crippen LogP contribution in [-0.2, 0) is 9.47 Å². The molecule has 0 radical (unpaired) electrons. The van der Waals surface area contributed by atoms with E-state index in [1.807, 2.05) is 13.8 Å². The van der Waals surface area contributed by atoms with E-state index in [4.69, 9.17) is 9.47 Å². The minimum absolute atomic E-state index is 0.844. The Morgan fingerprint density at radius 3 is 1.48 bits per heavy atom. The van der Waals surface area contributed by atoms with E-state index in [2.05, 4.69) is 27.0 Å². The number of hydrogen-bond acceptors (Lipinski definition) is 2. The van der Waals surface area contributed by atoms with Gasteiger partial charge in [-0.3, -0.25) is 0 Å². The molecule has 21 heavy (non-hydrogen) atoms. The summed E-state index contributed by atoms with van der Waals surface area (Å²) >= 11 is 0. The van der Waals surface area contributed by atoms with E-state index in [0.29, 0.717) is 0 Å². The summed E-state index contributed by atoms with van der Waals surface area (Å²) in [6, 6.07) is 0. The van der Waals surface area contributed by atoms with E-state index >= 15 is 0 Å². The number of unbranched alkanes of at least 4 members (excludes halogenated alkanes) is 5. The first kappa shape index (κ1) is 22.5. The van der Waals surface area contributed by atoms with Gasteiger partial charge in [-0.25, -0.2) is 0 Å². The maximum absolute atomic E-state index is 5.59. The monoisotopic (exact) mass is 298 g/mol. The summed E-state index contributed by atoms with van der Waals surface area (Å²) in [7, 11) is 0. The van der Waals surface area contributed by atoms with E-state index in [9.17, 15) is 0 Å². The van der Waals surface area contributed by atoms with Gasteiger partial charge in [0.25, 0.3) is 0 Å². The van der Waals surface area contributed by atoms with Crippen molar-refractivity contribution >= 4 is 0 Å². The number of allylic oxidation sites excluding steroid dienone is 2. The van der Waals surface area contributed by atoms with Crippen LogP contribution >= 0.6 is 0 Å². The van der Waals surface area contributed by atoms with Crippen molar-refractivity contribution in [2.75, 3.05) is 13.2 Å². The average molecular weight is 299 g/mol. The Morgan fingerprint density at radius 1 is 0.667 bits per heavy atom. The molecule has 0 aliphatic heterocycles. The molecule has 0 aromatic rings. The molecule has 0 atom stereocenters. The standard InChI is InChI=1S/C15H28O.C4H10O/c1-5-7-9-11-13-15(4)16-14(3)12-10-8-6-2;1-3-5-4-2/h3-13H2,1-2H3;3-4H2,1-2H3. The zero-order valence-electron chi connectivity index (χ0n) is 15.0. The second-order valence-electron chi connectivity index (χ2n) is 5.23. The predicted octanol–water partition coefficient (Wildman–Crippen LogP) is 6.62. The van der Waals surface area contributed by atoms with Gasteiger partial charge in [-0.15, -0.1) is 0 Å². The molecule has 0 saturated carbocycles. The highest BCUT2D eigenvalue weighted by Crippen LogP contribution is 2.16. The first-order valence-corrected chi connectivity index (χ1v) is 8.73. The number of rotatable bonds is 13. The van der Waals surface area contributed by atoms with Crippen molar-refractivity contribution in [2.45, 2.75) is 85.5 Å². The van der Waals surface area contributed by atoms with Crippen molar-refractivity contribution in [3.8, 4) is 0 Å². The van der Waals surface area contributed by atoms with Crippen LogP contribution in [0.25, 0.3) is 0 Å². The third-order valence-electron chi connectivity index (χ3n) is 3.07. The van der Waals surface area contributed by atoms with Crippen LogP contribution in [0.2, 0.25) is 0 Å². The van der Waals surface area contributed by atoms with Gasteiger partial charge in [0.05, 0.1) is 11.5 Å². The summed E-state index contributed by atoms with van der Waals surface area (Å²) < 4.78 is 10.4. The lowest BCUT2D eigenvalue weighted by molar-refractivity contribution is 0.162. The molecular formula is C19H38O2. The molecule has 0 amide bonds. The molecule has 0 fully saturated rings. The first-order chi connectivity index (χ1) is 10.1. The van der Waals surface area contributed by atoms with Gasteiger partial charge in [-0.1, -0.05) is 59.1 Å². The summed E-state index contributed by atoms with van der Waals surface area (Å²) in [5.74, 6) is 1.77. The summed E-state index contributed by atoms with van der Waals surface area (Å²) in [6.45, 7) is 18.0. The van der Waals surface area contributed by atoms with Gasteiger partial charge in [0, 0.05) is 26.1 Å². The maximum atomic E-state index is 5.59. The van der Waals surface area contributed by atoms with Crippen molar-refractivity contribution in [1.82, 2.24) is 0 Å². The Kier molecular flexibility index (Phi) is 20.6. The third-order valence-corrected chi connectivity index (χ3v) is 3.07. The largest absolute Gasteiger partial charge is 0.467 e. The van der Waals surface area contributed by atoms with Gasteiger partial charge < -0.3 is 9.47 Å². The van der Waals surface area contributed by atoms with Crippen molar-refractivity contribution < 1.29 is 9.47 Å². The molecule has 2 heteroatoms. The predicted molar refractivity (Wildman–Crippen MR) is 94.4 cm³/mol. The Morgan fingerprint density at radius 2 is 1.10 bits per heavy atom. The lowest BCUT2D eigenvalue weighted by Crippen LogP contribution is -1.92. The topological polar surface area (TPSA) is 18.5 Å². The summed E-state index contributed by atoms with van der Waals surface area (Å²) in [4.78, 5) is 0. The van der Waals surface area contributed by atoms with E-state index in [1.54, 1.807) is 0 Å². The van der Waals surface area contributed by atoms with Crippen LogP contribution in [0.3, 0.4) is 0 Å². The Bertz CT molecular complexity index is 232. The fraction of sp³-hybridized carbons (Fsp3) is 0.789. The van der Waals surface area contributed by atoms with Crippen LogP contribution in [-0.4, -0.2) is 13.2 Å². The second kappa shape index (κ2) is 19.2. The average Bonchev–Trinajstić information content (AvgIpc) is 2.45. The van der Waals surface area contributed by atoms with Crippen molar-refractivity contribution in [1.29, 1.82) is 0 Å². The minimum Gasteiger partial charge on any atom is -0.467 e. The molecule has 126 valence electrons. The van der Waals surface area contributed by atoms with Crippen LogP contribution in [0.4, 0.5) is 0 Å². The molecule has 0 rings (SSSR count). The zero-order valence-corrected chi connectivity index (χ0v) is 15.0. The molecule has 2 nitrogen and oxygen atoms in total.